The first kappa shape index (κ1) is 11.2. The molecule has 0 bridgehead atoms. The molecule has 0 aliphatic carbocycles. The van der Waals surface area contributed by atoms with Gasteiger partial charge < -0.3 is 9.84 Å². The minimum atomic E-state index is -0.410. The number of aromatic hydroxyl groups is 1. The van der Waals surface area contributed by atoms with Crippen LogP contribution >= 0.6 is 0 Å². The fourth-order valence-corrected chi connectivity index (χ4v) is 1.57. The van der Waals surface area contributed by atoms with Gasteiger partial charge in [0.25, 0.3) is 0 Å². The summed E-state index contributed by atoms with van der Waals surface area (Å²) in [6.45, 7) is 1.78. The third-order valence-corrected chi connectivity index (χ3v) is 2.51. The second-order valence-corrected chi connectivity index (χ2v) is 3.56. The first-order valence-electron chi connectivity index (χ1n) is 5.06. The van der Waals surface area contributed by atoms with Gasteiger partial charge in [0, 0.05) is 0 Å². The molecule has 0 unspecified atom stereocenters. The van der Waals surface area contributed by atoms with Gasteiger partial charge in [0.2, 0.25) is 0 Å². The maximum Gasteiger partial charge on any atom is 0.341 e. The number of hydrogen-bond donors (Lipinski definition) is 1. The molecule has 5 heteroatoms. The Morgan fingerprint density at radius 3 is 2.59 bits per heavy atom. The highest BCUT2D eigenvalue weighted by Crippen LogP contribution is 2.17. The number of carbonyl (C=O) groups excluding carboxylic acids is 1. The van der Waals surface area contributed by atoms with Gasteiger partial charge in [0.1, 0.15) is 11.3 Å². The average Bonchev–Trinajstić information content (AvgIpc) is 2.71. The van der Waals surface area contributed by atoms with Crippen molar-refractivity contribution in [3.05, 3.63) is 41.7 Å². The first-order chi connectivity index (χ1) is 8.13. The minimum absolute atomic E-state index is 0.187. The normalized spacial score (nSPS) is 10.2. The number of carbonyl (C=O) groups is 1. The largest absolute Gasteiger partial charge is 0.508 e. The highest BCUT2D eigenvalue weighted by Gasteiger charge is 2.15. The lowest BCUT2D eigenvalue weighted by molar-refractivity contribution is 0.0600. The van der Waals surface area contributed by atoms with Gasteiger partial charge in [0.15, 0.2) is 0 Å². The molecule has 5 nitrogen and oxygen atoms in total. The van der Waals surface area contributed by atoms with Crippen LogP contribution in [0, 0.1) is 6.92 Å². The fraction of sp³-hybridized carbons (Fsp3) is 0.167. The molecule has 0 spiro atoms. The lowest BCUT2D eigenvalue weighted by Crippen LogP contribution is -2.04. The zero-order chi connectivity index (χ0) is 12.4. The lowest BCUT2D eigenvalue weighted by atomic mass is 10.2. The topological polar surface area (TPSA) is 64.3 Å². The lowest BCUT2D eigenvalue weighted by Gasteiger charge is -2.04. The Hall–Kier alpha value is -2.30. The van der Waals surface area contributed by atoms with Crippen LogP contribution in [-0.4, -0.2) is 28.0 Å². The molecule has 0 fully saturated rings. The highest BCUT2D eigenvalue weighted by atomic mass is 16.5. The van der Waals surface area contributed by atoms with E-state index in [9.17, 15) is 9.90 Å². The minimum Gasteiger partial charge on any atom is -0.508 e. The molecule has 0 aliphatic rings. The number of benzene rings is 1. The van der Waals surface area contributed by atoms with Crippen LogP contribution in [0.15, 0.2) is 30.5 Å². The molecule has 0 saturated heterocycles. The Labute approximate surface area is 98.3 Å². The van der Waals surface area contributed by atoms with Crippen LogP contribution in [0.5, 0.6) is 5.75 Å². The summed E-state index contributed by atoms with van der Waals surface area (Å²) in [5.74, 6) is -0.223. The van der Waals surface area contributed by atoms with Gasteiger partial charge in [-0.3, -0.25) is 0 Å². The van der Waals surface area contributed by atoms with Crippen molar-refractivity contribution >= 4 is 5.97 Å². The summed E-state index contributed by atoms with van der Waals surface area (Å²) in [6, 6.07) is 6.56. The van der Waals surface area contributed by atoms with E-state index in [4.69, 9.17) is 0 Å². The van der Waals surface area contributed by atoms with Gasteiger partial charge in [-0.2, -0.15) is 5.10 Å². The smallest absolute Gasteiger partial charge is 0.341 e. The van der Waals surface area contributed by atoms with Crippen molar-refractivity contribution < 1.29 is 14.6 Å². The number of rotatable bonds is 2. The van der Waals surface area contributed by atoms with Gasteiger partial charge >= 0.3 is 5.97 Å². The number of aromatic nitrogens is 2. The van der Waals surface area contributed by atoms with Crippen molar-refractivity contribution in [2.24, 2.45) is 0 Å². The Morgan fingerprint density at radius 2 is 2.00 bits per heavy atom. The van der Waals surface area contributed by atoms with Crippen molar-refractivity contribution in [1.82, 2.24) is 9.78 Å². The van der Waals surface area contributed by atoms with Gasteiger partial charge in [0.05, 0.1) is 24.7 Å². The van der Waals surface area contributed by atoms with E-state index >= 15 is 0 Å². The van der Waals surface area contributed by atoms with E-state index in [2.05, 4.69) is 9.84 Å². The van der Waals surface area contributed by atoms with E-state index in [-0.39, 0.29) is 5.75 Å². The molecule has 2 rings (SSSR count). The molecule has 0 saturated carbocycles. The number of nitrogens with zero attached hydrogens (tertiary/aromatic N) is 2. The van der Waals surface area contributed by atoms with Gasteiger partial charge in [-0.15, -0.1) is 0 Å². The van der Waals surface area contributed by atoms with Crippen LogP contribution < -0.4 is 0 Å². The molecule has 2 aromatic rings. The Balaban J connectivity index is 2.44. The third-order valence-electron chi connectivity index (χ3n) is 2.51. The molecule has 0 aliphatic heterocycles. The number of esters is 1. The molecule has 17 heavy (non-hydrogen) atoms. The summed E-state index contributed by atoms with van der Waals surface area (Å²) >= 11 is 0. The van der Waals surface area contributed by atoms with Crippen molar-refractivity contribution in [2.75, 3.05) is 7.11 Å². The van der Waals surface area contributed by atoms with Crippen molar-refractivity contribution in [2.45, 2.75) is 6.92 Å². The number of ether oxygens (including phenoxy) is 1. The maximum atomic E-state index is 11.4. The van der Waals surface area contributed by atoms with E-state index in [0.29, 0.717) is 11.3 Å². The number of phenolic OH excluding ortho intramolecular Hbond substituents is 1. The fourth-order valence-electron chi connectivity index (χ4n) is 1.57. The van der Waals surface area contributed by atoms with Crippen LogP contribution in [-0.2, 0) is 4.74 Å². The highest BCUT2D eigenvalue weighted by molar-refractivity contribution is 5.90. The number of phenols is 1. The number of hydrogen-bond acceptors (Lipinski definition) is 4. The summed E-state index contributed by atoms with van der Waals surface area (Å²) in [7, 11) is 1.33. The Bertz CT molecular complexity index is 543. The van der Waals surface area contributed by atoms with Crippen molar-refractivity contribution in [3.63, 3.8) is 0 Å². The molecule has 0 radical (unpaired) electrons. The molecule has 1 aromatic heterocycles. The van der Waals surface area contributed by atoms with Gasteiger partial charge in [-0.05, 0) is 31.2 Å². The van der Waals surface area contributed by atoms with Crippen LogP contribution in [0.2, 0.25) is 0 Å². The summed E-state index contributed by atoms with van der Waals surface area (Å²) in [5, 5.41) is 13.3. The van der Waals surface area contributed by atoms with E-state index in [1.807, 2.05) is 0 Å². The van der Waals surface area contributed by atoms with Gasteiger partial charge in [-0.25, -0.2) is 9.48 Å². The summed E-state index contributed by atoms with van der Waals surface area (Å²) in [4.78, 5) is 11.4. The van der Waals surface area contributed by atoms with Crippen molar-refractivity contribution in [3.8, 4) is 11.4 Å². The zero-order valence-electron chi connectivity index (χ0n) is 9.54. The van der Waals surface area contributed by atoms with E-state index in [0.717, 1.165) is 5.69 Å². The van der Waals surface area contributed by atoms with Gasteiger partial charge in [-0.1, -0.05) is 0 Å². The SMILES string of the molecule is COC(=O)c1cnn(-c2ccc(O)cc2)c1C. The molecule has 88 valence electrons. The molecule has 0 amide bonds. The van der Waals surface area contributed by atoms with Crippen LogP contribution in [0.3, 0.4) is 0 Å². The zero-order valence-corrected chi connectivity index (χ0v) is 9.54. The molecular weight excluding hydrogens is 220 g/mol. The van der Waals surface area contributed by atoms with E-state index in [1.165, 1.54) is 13.3 Å². The molecule has 1 aromatic carbocycles. The quantitative estimate of drug-likeness (QED) is 0.800. The first-order valence-corrected chi connectivity index (χ1v) is 5.06. The second-order valence-electron chi connectivity index (χ2n) is 3.56. The maximum absolute atomic E-state index is 11.4. The summed E-state index contributed by atoms with van der Waals surface area (Å²) in [6.07, 6.45) is 1.47. The monoisotopic (exact) mass is 232 g/mol. The molecule has 1 N–H and O–H groups in total. The van der Waals surface area contributed by atoms with Crippen LogP contribution in [0.25, 0.3) is 5.69 Å². The Kier molecular flexibility index (Phi) is 2.82. The molecule has 0 atom stereocenters. The third kappa shape index (κ3) is 1.99. The van der Waals surface area contributed by atoms with Crippen LogP contribution in [0.4, 0.5) is 0 Å². The van der Waals surface area contributed by atoms with Crippen LogP contribution in [0.1, 0.15) is 16.1 Å². The number of methoxy groups -OCH3 is 1. The predicted molar refractivity (Wildman–Crippen MR) is 61.3 cm³/mol. The summed E-state index contributed by atoms with van der Waals surface area (Å²) < 4.78 is 6.27. The second kappa shape index (κ2) is 4.29. The average molecular weight is 232 g/mol. The van der Waals surface area contributed by atoms with Crippen molar-refractivity contribution in [1.29, 1.82) is 0 Å². The molecular formula is C12H12N2O3. The van der Waals surface area contributed by atoms with E-state index in [1.54, 1.807) is 35.9 Å². The standard InChI is InChI=1S/C12H12N2O3/c1-8-11(12(16)17-2)7-13-14(8)9-3-5-10(15)6-4-9/h3-7,15H,1-2H3. The van der Waals surface area contributed by atoms with E-state index < -0.39 is 5.97 Å². The molecule has 1 heterocycles. The Morgan fingerprint density at radius 1 is 1.35 bits per heavy atom. The summed E-state index contributed by atoms with van der Waals surface area (Å²) in [5.41, 5.74) is 1.90. The predicted octanol–water partition coefficient (Wildman–Crippen LogP) is 1.67.